The average Bonchev–Trinajstić information content (AvgIpc) is 3.01. The van der Waals surface area contributed by atoms with E-state index in [1.165, 1.54) is 0 Å². The first kappa shape index (κ1) is 12.6. The maximum Gasteiger partial charge on any atom is 0.145 e. The summed E-state index contributed by atoms with van der Waals surface area (Å²) >= 11 is 0. The summed E-state index contributed by atoms with van der Waals surface area (Å²) in [6.07, 6.45) is 3.63. The van der Waals surface area contributed by atoms with E-state index in [0.29, 0.717) is 5.82 Å². The van der Waals surface area contributed by atoms with Gasteiger partial charge in [0.1, 0.15) is 22.7 Å². The van der Waals surface area contributed by atoms with Crippen LogP contribution in [0, 0.1) is 0 Å². The topological polar surface area (TPSA) is 76.8 Å². The highest BCUT2D eigenvalue weighted by atomic mass is 16.5. The van der Waals surface area contributed by atoms with Gasteiger partial charge in [-0.2, -0.15) is 0 Å². The van der Waals surface area contributed by atoms with Crippen LogP contribution in [0.15, 0.2) is 48.8 Å². The number of nitrogen functional groups attached to an aromatic ring is 1. The minimum absolute atomic E-state index is 0.484. The minimum Gasteiger partial charge on any atom is -0.494 e. The van der Waals surface area contributed by atoms with Crippen molar-refractivity contribution in [1.82, 2.24) is 15.0 Å². The average molecular weight is 290 g/mol. The van der Waals surface area contributed by atoms with Crippen molar-refractivity contribution in [2.45, 2.75) is 0 Å². The highest BCUT2D eigenvalue weighted by molar-refractivity contribution is 6.05. The zero-order valence-corrected chi connectivity index (χ0v) is 12.0. The van der Waals surface area contributed by atoms with Gasteiger partial charge in [-0.3, -0.25) is 4.98 Å². The fraction of sp³-hybridized carbons (Fsp3) is 0.0588. The van der Waals surface area contributed by atoms with E-state index in [1.807, 2.05) is 42.6 Å². The summed E-state index contributed by atoms with van der Waals surface area (Å²) < 4.78 is 5.41. The van der Waals surface area contributed by atoms with Gasteiger partial charge in [0.15, 0.2) is 0 Å². The number of nitrogens with one attached hydrogen (secondary N) is 1. The maximum atomic E-state index is 5.95. The molecule has 22 heavy (non-hydrogen) atoms. The number of ether oxygens (including phenoxy) is 1. The molecule has 5 heteroatoms. The summed E-state index contributed by atoms with van der Waals surface area (Å²) in [6.45, 7) is 0. The first-order valence-corrected chi connectivity index (χ1v) is 6.93. The first-order valence-electron chi connectivity index (χ1n) is 6.93. The lowest BCUT2D eigenvalue weighted by molar-refractivity contribution is 0.419. The first-order chi connectivity index (χ1) is 10.8. The number of methoxy groups -OCH3 is 1. The van der Waals surface area contributed by atoms with Crippen LogP contribution in [0.4, 0.5) is 5.82 Å². The van der Waals surface area contributed by atoms with E-state index in [1.54, 1.807) is 13.3 Å². The number of benzene rings is 1. The Balaban J connectivity index is 2.11. The summed E-state index contributed by atoms with van der Waals surface area (Å²) in [5.74, 6) is 1.24. The van der Waals surface area contributed by atoms with Crippen LogP contribution in [0.3, 0.4) is 0 Å². The van der Waals surface area contributed by atoms with Gasteiger partial charge in [0, 0.05) is 23.2 Å². The molecule has 0 radical (unpaired) electrons. The molecule has 3 heterocycles. The van der Waals surface area contributed by atoms with Gasteiger partial charge >= 0.3 is 0 Å². The standard InChI is InChI=1S/C17H14N4O/c1-22-14-5-4-10(11-3-2-7-19-16(11)14)13-9-15(18)21-17-12(13)6-8-20-17/h2-9H,1H3,(H3,18,20,21). The molecular formula is C17H14N4O. The molecule has 0 spiro atoms. The predicted octanol–water partition coefficient (Wildman–Crippen LogP) is 3.37. The third-order valence-electron chi connectivity index (χ3n) is 3.79. The van der Waals surface area contributed by atoms with Crippen molar-refractivity contribution in [2.24, 2.45) is 0 Å². The Hall–Kier alpha value is -3.08. The molecule has 0 aliphatic heterocycles. The molecule has 0 aliphatic carbocycles. The van der Waals surface area contributed by atoms with Gasteiger partial charge < -0.3 is 15.5 Å². The zero-order chi connectivity index (χ0) is 15.1. The second-order valence-corrected chi connectivity index (χ2v) is 5.05. The van der Waals surface area contributed by atoms with E-state index < -0.39 is 0 Å². The van der Waals surface area contributed by atoms with Gasteiger partial charge in [0.25, 0.3) is 0 Å². The molecular weight excluding hydrogens is 276 g/mol. The predicted molar refractivity (Wildman–Crippen MR) is 87.8 cm³/mol. The van der Waals surface area contributed by atoms with E-state index in [2.05, 4.69) is 15.0 Å². The molecule has 3 N–H and O–H groups in total. The molecule has 108 valence electrons. The van der Waals surface area contributed by atoms with Crippen LogP contribution in [0.5, 0.6) is 5.75 Å². The number of rotatable bonds is 2. The smallest absolute Gasteiger partial charge is 0.145 e. The normalized spacial score (nSPS) is 11.1. The molecule has 0 aliphatic rings. The third kappa shape index (κ3) is 1.79. The highest BCUT2D eigenvalue weighted by Gasteiger charge is 2.13. The second-order valence-electron chi connectivity index (χ2n) is 5.05. The monoisotopic (exact) mass is 290 g/mol. The van der Waals surface area contributed by atoms with Crippen molar-refractivity contribution in [3.63, 3.8) is 0 Å². The lowest BCUT2D eigenvalue weighted by Gasteiger charge is -2.11. The quantitative estimate of drug-likeness (QED) is 0.593. The van der Waals surface area contributed by atoms with E-state index in [4.69, 9.17) is 10.5 Å². The van der Waals surface area contributed by atoms with Crippen LogP contribution in [0.25, 0.3) is 33.1 Å². The van der Waals surface area contributed by atoms with Crippen molar-refractivity contribution in [3.05, 3.63) is 48.8 Å². The number of nitrogens with two attached hydrogens (primary N) is 1. The Bertz CT molecular complexity index is 990. The van der Waals surface area contributed by atoms with Crippen LogP contribution in [0.1, 0.15) is 0 Å². The highest BCUT2D eigenvalue weighted by Crippen LogP contribution is 2.36. The molecule has 0 saturated carbocycles. The van der Waals surface area contributed by atoms with Crippen LogP contribution in [-0.4, -0.2) is 22.1 Å². The number of fused-ring (bicyclic) bond motifs is 2. The lowest BCUT2D eigenvalue weighted by atomic mass is 9.98. The van der Waals surface area contributed by atoms with Crippen LogP contribution >= 0.6 is 0 Å². The van der Waals surface area contributed by atoms with E-state index in [9.17, 15) is 0 Å². The Kier molecular flexibility index (Phi) is 2.72. The molecule has 0 bridgehead atoms. The zero-order valence-electron chi connectivity index (χ0n) is 12.0. The molecule has 4 aromatic rings. The Morgan fingerprint density at radius 2 is 2.00 bits per heavy atom. The lowest BCUT2D eigenvalue weighted by Crippen LogP contribution is -1.94. The SMILES string of the molecule is COc1ccc(-c2cc(N)nc3[nH]ccc23)c2cccnc12. The Labute approximate surface area is 126 Å². The molecule has 0 unspecified atom stereocenters. The largest absolute Gasteiger partial charge is 0.494 e. The molecule has 0 fully saturated rings. The van der Waals surface area contributed by atoms with Crippen molar-refractivity contribution in [1.29, 1.82) is 0 Å². The van der Waals surface area contributed by atoms with Crippen molar-refractivity contribution in [3.8, 4) is 16.9 Å². The van der Waals surface area contributed by atoms with Crippen molar-refractivity contribution < 1.29 is 4.74 Å². The van der Waals surface area contributed by atoms with E-state index in [0.717, 1.165) is 38.8 Å². The van der Waals surface area contributed by atoms with E-state index in [-0.39, 0.29) is 0 Å². The summed E-state index contributed by atoms with van der Waals surface area (Å²) in [5.41, 5.74) is 9.65. The summed E-state index contributed by atoms with van der Waals surface area (Å²) in [5, 5.41) is 2.06. The van der Waals surface area contributed by atoms with Gasteiger partial charge in [-0.05, 0) is 41.5 Å². The number of aromatic amines is 1. The fourth-order valence-corrected chi connectivity index (χ4v) is 2.83. The maximum absolute atomic E-state index is 5.95. The molecule has 1 aromatic carbocycles. The Morgan fingerprint density at radius 3 is 2.86 bits per heavy atom. The third-order valence-corrected chi connectivity index (χ3v) is 3.79. The molecule has 4 rings (SSSR count). The van der Waals surface area contributed by atoms with Crippen molar-refractivity contribution >= 4 is 27.8 Å². The number of H-pyrrole nitrogens is 1. The van der Waals surface area contributed by atoms with Crippen molar-refractivity contribution in [2.75, 3.05) is 12.8 Å². The van der Waals surface area contributed by atoms with Gasteiger partial charge in [-0.25, -0.2) is 4.98 Å². The fourth-order valence-electron chi connectivity index (χ4n) is 2.83. The second kappa shape index (κ2) is 4.73. The molecule has 0 atom stereocenters. The van der Waals surface area contributed by atoms with Gasteiger partial charge in [0.05, 0.1) is 7.11 Å². The van der Waals surface area contributed by atoms with Gasteiger partial charge in [0.2, 0.25) is 0 Å². The summed E-state index contributed by atoms with van der Waals surface area (Å²) in [6, 6.07) is 11.8. The van der Waals surface area contributed by atoms with Crippen LogP contribution in [-0.2, 0) is 0 Å². The Morgan fingerprint density at radius 1 is 1.09 bits per heavy atom. The molecule has 3 aromatic heterocycles. The number of nitrogens with zero attached hydrogens (tertiary/aromatic N) is 2. The minimum atomic E-state index is 0.484. The van der Waals surface area contributed by atoms with Crippen LogP contribution in [0.2, 0.25) is 0 Å². The molecule has 0 saturated heterocycles. The van der Waals surface area contributed by atoms with Crippen LogP contribution < -0.4 is 10.5 Å². The molecule has 5 nitrogen and oxygen atoms in total. The number of hydrogen-bond donors (Lipinski definition) is 2. The summed E-state index contributed by atoms with van der Waals surface area (Å²) in [7, 11) is 1.65. The van der Waals surface area contributed by atoms with Gasteiger partial charge in [-0.1, -0.05) is 6.07 Å². The summed E-state index contributed by atoms with van der Waals surface area (Å²) in [4.78, 5) is 11.9. The molecule has 0 amide bonds. The number of pyridine rings is 2. The number of anilines is 1. The van der Waals surface area contributed by atoms with E-state index >= 15 is 0 Å². The van der Waals surface area contributed by atoms with Gasteiger partial charge in [-0.15, -0.1) is 0 Å². The number of aromatic nitrogens is 3. The number of hydrogen-bond acceptors (Lipinski definition) is 4.